The van der Waals surface area contributed by atoms with E-state index < -0.39 is 6.04 Å². The summed E-state index contributed by atoms with van der Waals surface area (Å²) in [5, 5.41) is 0. The van der Waals surface area contributed by atoms with Gasteiger partial charge in [-0.25, -0.2) is 0 Å². The van der Waals surface area contributed by atoms with Crippen LogP contribution in [-0.4, -0.2) is 26.2 Å². The number of nitrogens with two attached hydrogens (primary N) is 1. The maximum atomic E-state index is 11.2. The van der Waals surface area contributed by atoms with Gasteiger partial charge >= 0.3 is 5.97 Å². The van der Waals surface area contributed by atoms with Gasteiger partial charge in [0, 0.05) is 0 Å². The lowest BCUT2D eigenvalue weighted by atomic mass is 9.99. The Balaban J connectivity index is 2.65. The maximum absolute atomic E-state index is 11.2. The Morgan fingerprint density at radius 3 is 2.58 bits per heavy atom. The minimum atomic E-state index is -0.540. The number of benzene rings is 1. The summed E-state index contributed by atoms with van der Waals surface area (Å²) in [5.41, 5.74) is 9.23. The van der Waals surface area contributed by atoms with Gasteiger partial charge in [-0.1, -0.05) is 17.7 Å². The number of hydrogen-bond acceptors (Lipinski definition) is 4. The van der Waals surface area contributed by atoms with Crippen LogP contribution in [0.5, 0.6) is 5.75 Å². The Morgan fingerprint density at radius 1 is 1.32 bits per heavy atom. The number of hydrogen-bond donors (Lipinski definition) is 1. The van der Waals surface area contributed by atoms with Crippen molar-refractivity contribution in [1.29, 1.82) is 0 Å². The van der Waals surface area contributed by atoms with Crippen molar-refractivity contribution in [2.75, 3.05) is 14.2 Å². The molecule has 0 aromatic heterocycles. The second-order valence-corrected chi connectivity index (χ2v) is 4.80. The lowest BCUT2D eigenvalue weighted by Gasteiger charge is -2.14. The first kappa shape index (κ1) is 15.5. The van der Waals surface area contributed by atoms with Crippen LogP contribution in [-0.2, 0) is 16.0 Å². The molecule has 0 bridgehead atoms. The van der Waals surface area contributed by atoms with Gasteiger partial charge in [0.15, 0.2) is 0 Å². The molecule has 0 spiro atoms. The molecule has 0 saturated heterocycles. The van der Waals surface area contributed by atoms with Gasteiger partial charge in [-0.2, -0.15) is 0 Å². The van der Waals surface area contributed by atoms with E-state index in [4.69, 9.17) is 10.5 Å². The lowest BCUT2D eigenvalue weighted by Crippen LogP contribution is -2.31. The minimum absolute atomic E-state index is 0.354. The molecule has 0 aliphatic rings. The third-order valence-electron chi connectivity index (χ3n) is 3.17. The van der Waals surface area contributed by atoms with Crippen LogP contribution in [0.3, 0.4) is 0 Å². The fraction of sp³-hybridized carbons (Fsp3) is 0.533. The molecule has 0 aliphatic carbocycles. The Morgan fingerprint density at radius 2 is 2.00 bits per heavy atom. The molecule has 0 aliphatic heterocycles. The molecular formula is C15H23NO3. The van der Waals surface area contributed by atoms with Gasteiger partial charge in [-0.05, 0) is 44.2 Å². The van der Waals surface area contributed by atoms with Crippen molar-refractivity contribution in [1.82, 2.24) is 0 Å². The maximum Gasteiger partial charge on any atom is 0.322 e. The molecule has 0 radical (unpaired) electrons. The van der Waals surface area contributed by atoms with Crippen LogP contribution < -0.4 is 10.5 Å². The fourth-order valence-corrected chi connectivity index (χ4v) is 2.30. The van der Waals surface area contributed by atoms with Crippen molar-refractivity contribution >= 4 is 5.97 Å². The number of esters is 1. The second kappa shape index (κ2) is 7.14. The van der Waals surface area contributed by atoms with E-state index in [0.717, 1.165) is 29.7 Å². The van der Waals surface area contributed by atoms with E-state index in [-0.39, 0.29) is 5.97 Å². The molecular weight excluding hydrogens is 242 g/mol. The highest BCUT2D eigenvalue weighted by Gasteiger charge is 2.14. The summed E-state index contributed by atoms with van der Waals surface area (Å²) in [6, 6.07) is 3.68. The summed E-state index contributed by atoms with van der Waals surface area (Å²) in [6.07, 6.45) is 2.29. The van der Waals surface area contributed by atoms with Crippen LogP contribution in [0.4, 0.5) is 0 Å². The molecule has 19 heavy (non-hydrogen) atoms. The van der Waals surface area contributed by atoms with Crippen molar-refractivity contribution in [3.05, 3.63) is 28.8 Å². The zero-order valence-corrected chi connectivity index (χ0v) is 12.2. The number of ether oxygens (including phenoxy) is 2. The van der Waals surface area contributed by atoms with Crippen LogP contribution in [0.1, 0.15) is 29.5 Å². The van der Waals surface area contributed by atoms with Crippen LogP contribution >= 0.6 is 0 Å². The zero-order valence-electron chi connectivity index (χ0n) is 12.2. The van der Waals surface area contributed by atoms with Gasteiger partial charge in [0.1, 0.15) is 11.8 Å². The first-order valence-corrected chi connectivity index (χ1v) is 6.47. The van der Waals surface area contributed by atoms with Gasteiger partial charge in [-0.3, -0.25) is 4.79 Å². The molecule has 1 aromatic rings. The molecule has 0 amide bonds. The highest BCUT2D eigenvalue weighted by atomic mass is 16.5. The topological polar surface area (TPSA) is 61.5 Å². The van der Waals surface area contributed by atoms with E-state index in [1.807, 2.05) is 6.92 Å². The van der Waals surface area contributed by atoms with Crippen LogP contribution in [0.25, 0.3) is 0 Å². The largest absolute Gasteiger partial charge is 0.496 e. The van der Waals surface area contributed by atoms with Crippen molar-refractivity contribution in [2.24, 2.45) is 5.73 Å². The van der Waals surface area contributed by atoms with E-state index in [1.54, 1.807) is 7.11 Å². The number of rotatable bonds is 6. The van der Waals surface area contributed by atoms with Gasteiger partial charge < -0.3 is 15.2 Å². The summed E-state index contributed by atoms with van der Waals surface area (Å²) in [5.74, 6) is 0.574. The van der Waals surface area contributed by atoms with Crippen LogP contribution in [0.2, 0.25) is 0 Å². The Labute approximate surface area is 114 Å². The van der Waals surface area contributed by atoms with E-state index >= 15 is 0 Å². The quantitative estimate of drug-likeness (QED) is 0.800. The van der Waals surface area contributed by atoms with E-state index in [1.165, 1.54) is 12.7 Å². The van der Waals surface area contributed by atoms with Crippen molar-refractivity contribution in [2.45, 2.75) is 39.2 Å². The number of carbonyl (C=O) groups excluding carboxylic acids is 1. The molecule has 0 fully saturated rings. The van der Waals surface area contributed by atoms with Crippen LogP contribution in [0, 0.1) is 13.8 Å². The number of methoxy groups -OCH3 is 2. The van der Waals surface area contributed by atoms with Crippen LogP contribution in [0.15, 0.2) is 12.1 Å². The number of aryl methyl sites for hydroxylation is 3. The molecule has 4 nitrogen and oxygen atoms in total. The van der Waals surface area contributed by atoms with Gasteiger partial charge in [0.25, 0.3) is 0 Å². The first-order chi connectivity index (χ1) is 8.99. The number of carbonyl (C=O) groups is 1. The fourth-order valence-electron chi connectivity index (χ4n) is 2.30. The predicted molar refractivity (Wildman–Crippen MR) is 75.4 cm³/mol. The van der Waals surface area contributed by atoms with Crippen molar-refractivity contribution in [3.63, 3.8) is 0 Å². The third-order valence-corrected chi connectivity index (χ3v) is 3.17. The Kier molecular flexibility index (Phi) is 5.83. The molecule has 1 rings (SSSR count). The van der Waals surface area contributed by atoms with Gasteiger partial charge in [-0.15, -0.1) is 0 Å². The highest BCUT2D eigenvalue weighted by molar-refractivity contribution is 5.75. The molecule has 1 atom stereocenters. The Bertz CT molecular complexity index is 443. The third kappa shape index (κ3) is 4.24. The molecule has 1 unspecified atom stereocenters. The summed E-state index contributed by atoms with van der Waals surface area (Å²) in [4.78, 5) is 11.2. The normalized spacial score (nSPS) is 12.1. The minimum Gasteiger partial charge on any atom is -0.496 e. The SMILES string of the molecule is COC(=O)C(N)CCCc1cc(C)cc(C)c1OC. The molecule has 106 valence electrons. The first-order valence-electron chi connectivity index (χ1n) is 6.47. The van der Waals surface area contributed by atoms with Crippen molar-refractivity contribution in [3.8, 4) is 5.75 Å². The standard InChI is InChI=1S/C15H23NO3/c1-10-8-11(2)14(18-3)12(9-10)6-5-7-13(16)15(17)19-4/h8-9,13H,5-7,16H2,1-4H3. The average Bonchev–Trinajstić information content (AvgIpc) is 2.37. The Hall–Kier alpha value is -1.55. The highest BCUT2D eigenvalue weighted by Crippen LogP contribution is 2.26. The smallest absolute Gasteiger partial charge is 0.322 e. The van der Waals surface area contributed by atoms with Gasteiger partial charge in [0.2, 0.25) is 0 Å². The van der Waals surface area contributed by atoms with E-state index in [0.29, 0.717) is 6.42 Å². The summed E-state index contributed by atoms with van der Waals surface area (Å²) in [7, 11) is 3.04. The van der Waals surface area contributed by atoms with E-state index in [2.05, 4.69) is 23.8 Å². The summed E-state index contributed by atoms with van der Waals surface area (Å²) < 4.78 is 10.0. The summed E-state index contributed by atoms with van der Waals surface area (Å²) >= 11 is 0. The average molecular weight is 265 g/mol. The molecule has 2 N–H and O–H groups in total. The van der Waals surface area contributed by atoms with Gasteiger partial charge in [0.05, 0.1) is 14.2 Å². The zero-order chi connectivity index (χ0) is 14.4. The lowest BCUT2D eigenvalue weighted by molar-refractivity contribution is -0.142. The second-order valence-electron chi connectivity index (χ2n) is 4.80. The molecule has 0 saturated carbocycles. The molecule has 1 aromatic carbocycles. The summed E-state index contributed by atoms with van der Waals surface area (Å²) in [6.45, 7) is 4.10. The van der Waals surface area contributed by atoms with Crippen molar-refractivity contribution < 1.29 is 14.3 Å². The molecule has 4 heteroatoms. The monoisotopic (exact) mass is 265 g/mol. The molecule has 0 heterocycles. The van der Waals surface area contributed by atoms with E-state index in [9.17, 15) is 4.79 Å². The predicted octanol–water partition coefficient (Wildman–Crippen LogP) is 2.14.